The molecule has 2 rings (SSSR count). The number of nitrogens with zero attached hydrogens (tertiary/aromatic N) is 1. The maximum Gasteiger partial charge on any atom is 0.308 e. The van der Waals surface area contributed by atoms with E-state index in [2.05, 4.69) is 10.2 Å². The second-order valence-corrected chi connectivity index (χ2v) is 5.32. The van der Waals surface area contributed by atoms with E-state index in [1.807, 2.05) is 0 Å². The minimum absolute atomic E-state index is 0.153. The van der Waals surface area contributed by atoms with Gasteiger partial charge in [-0.25, -0.2) is 0 Å². The number of ether oxygens (including phenoxy) is 1. The van der Waals surface area contributed by atoms with Gasteiger partial charge in [-0.1, -0.05) is 25.0 Å². The monoisotopic (exact) mass is 322 g/mol. The fourth-order valence-corrected chi connectivity index (χ4v) is 2.64. The quantitative estimate of drug-likeness (QED) is 0.384. The predicted molar refractivity (Wildman–Crippen MR) is 79.3 cm³/mol. The number of esters is 1. The summed E-state index contributed by atoms with van der Waals surface area (Å²) < 4.78 is 5.01. The first-order valence-electron chi connectivity index (χ1n) is 7.37. The van der Waals surface area contributed by atoms with Crippen molar-refractivity contribution in [2.45, 2.75) is 44.8 Å². The Labute approximate surface area is 132 Å². The van der Waals surface area contributed by atoms with Gasteiger partial charge in [0.05, 0.1) is 11.6 Å². The normalized spacial score (nSPS) is 20.4. The van der Waals surface area contributed by atoms with Crippen LogP contribution in [0.15, 0.2) is 24.3 Å². The summed E-state index contributed by atoms with van der Waals surface area (Å²) in [4.78, 5) is 38.7. The number of carbonyl (C=O) groups is 2. The molecule has 1 aromatic carbocycles. The van der Waals surface area contributed by atoms with Crippen molar-refractivity contribution in [2.24, 2.45) is 0 Å². The topological polar surface area (TPSA) is 108 Å². The average Bonchev–Trinajstić information content (AvgIpc) is 2.48. The summed E-state index contributed by atoms with van der Waals surface area (Å²) in [7, 11) is 0. The predicted octanol–water partition coefficient (Wildman–Crippen LogP) is 1.86. The Bertz CT molecular complexity index is 603. The smallest absolute Gasteiger partial charge is 0.308 e. The molecule has 124 valence electrons. The van der Waals surface area contributed by atoms with E-state index in [0.29, 0.717) is 12.8 Å². The molecule has 1 aromatic rings. The van der Waals surface area contributed by atoms with E-state index in [0.717, 1.165) is 12.8 Å². The van der Waals surface area contributed by atoms with E-state index in [1.165, 1.54) is 19.1 Å². The van der Waals surface area contributed by atoms with E-state index >= 15 is 0 Å². The number of rotatable bonds is 5. The standard InChI is InChI=1S/C15H18N2O6/c1-10(18)22-13-8-4-2-6-11(13)15(19)16-12-7-3-5-9-14(12)23-17(20)21/h2,4,6,8,12,14H,3,5,7,9H2,1H3,(H,16,19)/t12-,14+/m1/s1. The fourth-order valence-electron chi connectivity index (χ4n) is 2.64. The van der Waals surface area contributed by atoms with Crippen molar-refractivity contribution in [3.8, 4) is 5.75 Å². The molecule has 23 heavy (non-hydrogen) atoms. The highest BCUT2D eigenvalue weighted by Crippen LogP contribution is 2.23. The van der Waals surface area contributed by atoms with Gasteiger partial charge in [0.2, 0.25) is 0 Å². The number of carbonyl (C=O) groups excluding carboxylic acids is 2. The van der Waals surface area contributed by atoms with Crippen molar-refractivity contribution in [3.63, 3.8) is 0 Å². The minimum Gasteiger partial charge on any atom is -0.426 e. The summed E-state index contributed by atoms with van der Waals surface area (Å²) in [5.41, 5.74) is 0.202. The maximum absolute atomic E-state index is 12.4. The van der Waals surface area contributed by atoms with Gasteiger partial charge < -0.3 is 14.9 Å². The van der Waals surface area contributed by atoms with Crippen LogP contribution in [0.5, 0.6) is 5.75 Å². The molecule has 0 heterocycles. The Morgan fingerprint density at radius 3 is 2.65 bits per heavy atom. The van der Waals surface area contributed by atoms with Crippen molar-refractivity contribution >= 4 is 11.9 Å². The van der Waals surface area contributed by atoms with Crippen LogP contribution in [-0.4, -0.2) is 29.1 Å². The molecule has 8 heteroatoms. The Kier molecular flexibility index (Phi) is 5.51. The first-order chi connectivity index (χ1) is 11.0. The molecule has 0 saturated heterocycles. The van der Waals surface area contributed by atoms with Gasteiger partial charge in [-0.3, -0.25) is 9.59 Å². The Balaban J connectivity index is 2.11. The molecule has 2 atom stereocenters. The van der Waals surface area contributed by atoms with Crippen molar-refractivity contribution < 1.29 is 24.3 Å². The number of amides is 1. The second kappa shape index (κ2) is 7.57. The van der Waals surface area contributed by atoms with Gasteiger partial charge in [0.25, 0.3) is 11.0 Å². The SMILES string of the molecule is CC(=O)Oc1ccccc1C(=O)N[C@@H]1CCCC[C@@H]1O[N+](=O)[O-]. The highest BCUT2D eigenvalue weighted by Gasteiger charge is 2.30. The van der Waals surface area contributed by atoms with Crippen LogP contribution in [0, 0.1) is 10.1 Å². The van der Waals surface area contributed by atoms with Crippen molar-refractivity contribution in [1.82, 2.24) is 5.32 Å². The molecule has 0 unspecified atom stereocenters. The van der Waals surface area contributed by atoms with Crippen LogP contribution in [0.3, 0.4) is 0 Å². The Hall–Kier alpha value is -2.64. The third-order valence-corrected chi connectivity index (χ3v) is 3.63. The Morgan fingerprint density at radius 1 is 1.26 bits per heavy atom. The van der Waals surface area contributed by atoms with Gasteiger partial charge in [-0.05, 0) is 25.0 Å². The van der Waals surface area contributed by atoms with Gasteiger partial charge in [-0.15, -0.1) is 10.1 Å². The van der Waals surface area contributed by atoms with E-state index < -0.39 is 29.1 Å². The highest BCUT2D eigenvalue weighted by atomic mass is 17.0. The van der Waals surface area contributed by atoms with Crippen LogP contribution in [-0.2, 0) is 9.63 Å². The molecule has 1 aliphatic rings. The molecule has 0 spiro atoms. The lowest BCUT2D eigenvalue weighted by Crippen LogP contribution is -2.47. The van der Waals surface area contributed by atoms with Crippen LogP contribution in [0.4, 0.5) is 0 Å². The molecular weight excluding hydrogens is 304 g/mol. The summed E-state index contributed by atoms with van der Waals surface area (Å²) in [6, 6.07) is 5.89. The number of hydrogen-bond donors (Lipinski definition) is 1. The highest BCUT2D eigenvalue weighted by molar-refractivity contribution is 5.97. The van der Waals surface area contributed by atoms with Crippen LogP contribution < -0.4 is 10.1 Å². The minimum atomic E-state index is -0.831. The summed E-state index contributed by atoms with van der Waals surface area (Å²) >= 11 is 0. The number of hydrogen-bond acceptors (Lipinski definition) is 6. The summed E-state index contributed by atoms with van der Waals surface area (Å²) in [5, 5.41) is 12.5. The number of benzene rings is 1. The van der Waals surface area contributed by atoms with E-state index in [1.54, 1.807) is 12.1 Å². The second-order valence-electron chi connectivity index (χ2n) is 5.32. The lowest BCUT2D eigenvalue weighted by molar-refractivity contribution is -0.769. The molecule has 1 fully saturated rings. The average molecular weight is 322 g/mol. The zero-order valence-corrected chi connectivity index (χ0v) is 12.7. The van der Waals surface area contributed by atoms with Crippen LogP contribution >= 0.6 is 0 Å². The van der Waals surface area contributed by atoms with Gasteiger partial charge in [0.1, 0.15) is 11.9 Å². The Morgan fingerprint density at radius 2 is 1.96 bits per heavy atom. The third kappa shape index (κ3) is 4.67. The van der Waals surface area contributed by atoms with Gasteiger partial charge in [0.15, 0.2) is 0 Å². The maximum atomic E-state index is 12.4. The zero-order chi connectivity index (χ0) is 16.8. The molecule has 0 radical (unpaired) electrons. The van der Waals surface area contributed by atoms with E-state index in [4.69, 9.17) is 4.74 Å². The summed E-state index contributed by atoms with van der Waals surface area (Å²) in [6.45, 7) is 1.25. The molecular formula is C15H18N2O6. The first kappa shape index (κ1) is 16.7. The summed E-state index contributed by atoms with van der Waals surface area (Å²) in [6.07, 6.45) is 2.11. The molecule has 0 bridgehead atoms. The van der Waals surface area contributed by atoms with Crippen LogP contribution in [0.2, 0.25) is 0 Å². The molecule has 0 aliphatic heterocycles. The van der Waals surface area contributed by atoms with Crippen molar-refractivity contribution in [3.05, 3.63) is 39.9 Å². The van der Waals surface area contributed by atoms with E-state index in [-0.39, 0.29) is 11.3 Å². The van der Waals surface area contributed by atoms with E-state index in [9.17, 15) is 19.7 Å². The third-order valence-electron chi connectivity index (χ3n) is 3.63. The number of para-hydroxylation sites is 1. The molecule has 1 aliphatic carbocycles. The molecule has 1 amide bonds. The molecule has 1 saturated carbocycles. The first-order valence-corrected chi connectivity index (χ1v) is 7.37. The lowest BCUT2D eigenvalue weighted by Gasteiger charge is -2.30. The fraction of sp³-hybridized carbons (Fsp3) is 0.467. The van der Waals surface area contributed by atoms with Crippen LogP contribution in [0.25, 0.3) is 0 Å². The molecule has 0 aromatic heterocycles. The molecule has 8 nitrogen and oxygen atoms in total. The summed E-state index contributed by atoms with van der Waals surface area (Å²) in [5.74, 6) is -0.830. The van der Waals surface area contributed by atoms with Crippen LogP contribution in [0.1, 0.15) is 43.0 Å². The van der Waals surface area contributed by atoms with Crippen molar-refractivity contribution in [1.29, 1.82) is 0 Å². The largest absolute Gasteiger partial charge is 0.426 e. The zero-order valence-electron chi connectivity index (χ0n) is 12.7. The number of nitrogens with one attached hydrogen (secondary N) is 1. The van der Waals surface area contributed by atoms with Gasteiger partial charge in [0, 0.05) is 6.92 Å². The van der Waals surface area contributed by atoms with Gasteiger partial charge >= 0.3 is 5.97 Å². The van der Waals surface area contributed by atoms with Gasteiger partial charge in [-0.2, -0.15) is 0 Å². The van der Waals surface area contributed by atoms with Crippen molar-refractivity contribution in [2.75, 3.05) is 0 Å². The molecule has 1 N–H and O–H groups in total. The lowest BCUT2D eigenvalue weighted by atomic mass is 9.92.